The summed E-state index contributed by atoms with van der Waals surface area (Å²) in [5, 5.41) is 3.55. The molecule has 5 heteroatoms. The molecule has 0 saturated carbocycles. The molecule has 0 bridgehead atoms. The van der Waals surface area contributed by atoms with Crippen molar-refractivity contribution in [3.63, 3.8) is 0 Å². The van der Waals surface area contributed by atoms with Crippen LogP contribution in [-0.4, -0.2) is 15.8 Å². The third kappa shape index (κ3) is 2.17. The van der Waals surface area contributed by atoms with Crippen LogP contribution < -0.4 is 0 Å². The summed E-state index contributed by atoms with van der Waals surface area (Å²) in [6.45, 7) is 1.92. The summed E-state index contributed by atoms with van der Waals surface area (Å²) in [7, 11) is 0. The minimum Gasteiger partial charge on any atom is -0.352 e. The molecule has 0 spiro atoms. The first-order valence-corrected chi connectivity index (χ1v) is 5.16. The van der Waals surface area contributed by atoms with Crippen LogP contribution in [0.5, 0.6) is 0 Å². The van der Waals surface area contributed by atoms with E-state index in [0.717, 1.165) is 6.42 Å². The first-order valence-electron chi connectivity index (χ1n) is 3.45. The van der Waals surface area contributed by atoms with Crippen molar-refractivity contribution < 1.29 is 9.32 Å². The zero-order chi connectivity index (χ0) is 9.14. The number of halogens is 2. The molecule has 0 fully saturated rings. The second-order valence-electron chi connectivity index (χ2n) is 2.25. The van der Waals surface area contributed by atoms with Crippen LogP contribution in [-0.2, 0) is 0 Å². The van der Waals surface area contributed by atoms with Gasteiger partial charge in [-0.1, -0.05) is 28.0 Å². The van der Waals surface area contributed by atoms with Gasteiger partial charge in [-0.25, -0.2) is 0 Å². The van der Waals surface area contributed by atoms with Gasteiger partial charge in [0.05, 0.1) is 4.83 Å². The fourth-order valence-electron chi connectivity index (χ4n) is 0.710. The maximum atomic E-state index is 11.4. The van der Waals surface area contributed by atoms with Crippen LogP contribution in [0.15, 0.2) is 15.2 Å². The van der Waals surface area contributed by atoms with Gasteiger partial charge in [-0.3, -0.25) is 4.79 Å². The van der Waals surface area contributed by atoms with E-state index in [1.54, 1.807) is 6.07 Å². The Balaban J connectivity index is 2.78. The van der Waals surface area contributed by atoms with Crippen LogP contribution in [0, 0.1) is 0 Å². The van der Waals surface area contributed by atoms with Crippen molar-refractivity contribution in [2.24, 2.45) is 0 Å². The number of hydrogen-bond acceptors (Lipinski definition) is 3. The summed E-state index contributed by atoms with van der Waals surface area (Å²) >= 11 is 6.33. The number of rotatable bonds is 3. The third-order valence-electron chi connectivity index (χ3n) is 1.37. The molecule has 0 amide bonds. The standard InChI is InChI=1S/C7H7Br2NO2/c1-2-4(8)7(11)5-3-6(9)10-12-5/h3-4H,2H2,1H3. The molecule has 1 rings (SSSR count). The summed E-state index contributed by atoms with van der Waals surface area (Å²) in [6.07, 6.45) is 0.733. The Morgan fingerprint density at radius 2 is 2.50 bits per heavy atom. The average molecular weight is 297 g/mol. The second kappa shape index (κ2) is 4.18. The van der Waals surface area contributed by atoms with Gasteiger partial charge in [0.25, 0.3) is 0 Å². The van der Waals surface area contributed by atoms with Crippen LogP contribution in [0.4, 0.5) is 0 Å². The average Bonchev–Trinajstić information content (AvgIpc) is 2.49. The summed E-state index contributed by atoms with van der Waals surface area (Å²) in [4.78, 5) is 11.2. The Kier molecular flexibility index (Phi) is 3.46. The normalized spacial score (nSPS) is 12.9. The zero-order valence-corrected chi connectivity index (χ0v) is 9.55. The van der Waals surface area contributed by atoms with Gasteiger partial charge >= 0.3 is 0 Å². The van der Waals surface area contributed by atoms with Gasteiger partial charge in [-0.2, -0.15) is 0 Å². The number of alkyl halides is 1. The first-order chi connectivity index (χ1) is 5.65. The lowest BCUT2D eigenvalue weighted by atomic mass is 10.2. The number of nitrogens with zero attached hydrogens (tertiary/aromatic N) is 1. The molecular weight excluding hydrogens is 290 g/mol. The molecule has 0 radical (unpaired) electrons. The van der Waals surface area contributed by atoms with Crippen LogP contribution in [0.2, 0.25) is 0 Å². The summed E-state index contributed by atoms with van der Waals surface area (Å²) in [5.41, 5.74) is 0. The molecule has 0 aromatic carbocycles. The minimum absolute atomic E-state index is 0.0734. The molecular formula is C7H7Br2NO2. The first kappa shape index (κ1) is 9.92. The molecule has 1 aromatic heterocycles. The van der Waals surface area contributed by atoms with Crippen molar-refractivity contribution in [2.45, 2.75) is 18.2 Å². The van der Waals surface area contributed by atoms with Crippen molar-refractivity contribution >= 4 is 37.6 Å². The molecule has 3 nitrogen and oxygen atoms in total. The molecule has 0 aliphatic heterocycles. The van der Waals surface area contributed by atoms with E-state index in [4.69, 9.17) is 4.52 Å². The van der Waals surface area contributed by atoms with E-state index in [0.29, 0.717) is 4.60 Å². The summed E-state index contributed by atoms with van der Waals surface area (Å²) < 4.78 is 5.32. The molecule has 0 saturated heterocycles. The lowest BCUT2D eigenvalue weighted by molar-refractivity contribution is 0.0954. The molecule has 1 unspecified atom stereocenters. The van der Waals surface area contributed by atoms with Gasteiger partial charge in [-0.05, 0) is 22.4 Å². The minimum atomic E-state index is -0.183. The fourth-order valence-corrected chi connectivity index (χ4v) is 1.22. The van der Waals surface area contributed by atoms with Crippen molar-refractivity contribution in [2.75, 3.05) is 0 Å². The summed E-state index contributed by atoms with van der Waals surface area (Å²) in [6, 6.07) is 1.56. The predicted octanol–water partition coefficient (Wildman–Crippen LogP) is 2.79. The molecule has 0 N–H and O–H groups in total. The second-order valence-corrected chi connectivity index (χ2v) is 4.17. The molecule has 0 aliphatic carbocycles. The van der Waals surface area contributed by atoms with Gasteiger partial charge in [0, 0.05) is 6.07 Å². The Morgan fingerprint density at radius 3 is 2.92 bits per heavy atom. The van der Waals surface area contributed by atoms with Gasteiger partial charge in [0.2, 0.25) is 11.5 Å². The highest BCUT2D eigenvalue weighted by atomic mass is 79.9. The van der Waals surface area contributed by atoms with Crippen molar-refractivity contribution in [1.29, 1.82) is 0 Å². The van der Waals surface area contributed by atoms with E-state index in [-0.39, 0.29) is 16.4 Å². The van der Waals surface area contributed by atoms with E-state index in [2.05, 4.69) is 37.0 Å². The monoisotopic (exact) mass is 295 g/mol. The van der Waals surface area contributed by atoms with Gasteiger partial charge in [-0.15, -0.1) is 0 Å². The number of ketones is 1. The van der Waals surface area contributed by atoms with Crippen LogP contribution in [0.3, 0.4) is 0 Å². The Bertz CT molecular complexity index is 285. The number of Topliss-reactive ketones (excluding diaryl/α,β-unsaturated/α-hetero) is 1. The number of hydrogen-bond donors (Lipinski definition) is 0. The predicted molar refractivity (Wildman–Crippen MR) is 51.5 cm³/mol. The van der Waals surface area contributed by atoms with E-state index >= 15 is 0 Å². The van der Waals surface area contributed by atoms with Crippen LogP contribution in [0.1, 0.15) is 23.9 Å². The van der Waals surface area contributed by atoms with E-state index in [1.807, 2.05) is 6.92 Å². The van der Waals surface area contributed by atoms with Crippen molar-refractivity contribution in [3.05, 3.63) is 16.4 Å². The van der Waals surface area contributed by atoms with Crippen molar-refractivity contribution in [3.8, 4) is 0 Å². The highest BCUT2D eigenvalue weighted by Gasteiger charge is 2.19. The molecule has 1 heterocycles. The number of carbonyl (C=O) groups excluding carboxylic acids is 1. The van der Waals surface area contributed by atoms with Crippen LogP contribution in [0.25, 0.3) is 0 Å². The lowest BCUT2D eigenvalue weighted by Crippen LogP contribution is -2.11. The van der Waals surface area contributed by atoms with E-state index in [1.165, 1.54) is 0 Å². The van der Waals surface area contributed by atoms with Gasteiger partial charge < -0.3 is 4.52 Å². The fraction of sp³-hybridized carbons (Fsp3) is 0.429. The highest BCUT2D eigenvalue weighted by Crippen LogP contribution is 2.16. The van der Waals surface area contributed by atoms with E-state index < -0.39 is 0 Å². The lowest BCUT2D eigenvalue weighted by Gasteiger charge is -1.99. The maximum absolute atomic E-state index is 11.4. The zero-order valence-electron chi connectivity index (χ0n) is 6.38. The number of carbonyl (C=O) groups is 1. The topological polar surface area (TPSA) is 43.1 Å². The van der Waals surface area contributed by atoms with E-state index in [9.17, 15) is 4.79 Å². The van der Waals surface area contributed by atoms with Crippen LogP contribution >= 0.6 is 31.9 Å². The number of aromatic nitrogens is 1. The Labute approximate surface area is 86.8 Å². The molecule has 12 heavy (non-hydrogen) atoms. The molecule has 1 atom stereocenters. The van der Waals surface area contributed by atoms with Crippen molar-refractivity contribution in [1.82, 2.24) is 5.16 Å². The highest BCUT2D eigenvalue weighted by molar-refractivity contribution is 9.10. The largest absolute Gasteiger partial charge is 0.352 e. The van der Waals surface area contributed by atoms with Gasteiger partial charge in [0.15, 0.2) is 0 Å². The maximum Gasteiger partial charge on any atom is 0.214 e. The Hall–Kier alpha value is -0.160. The third-order valence-corrected chi connectivity index (χ3v) is 2.80. The SMILES string of the molecule is CCC(Br)C(=O)c1cc(Br)no1. The molecule has 0 aliphatic rings. The smallest absolute Gasteiger partial charge is 0.214 e. The molecule has 66 valence electrons. The van der Waals surface area contributed by atoms with Gasteiger partial charge in [0.1, 0.15) is 4.60 Å². The summed E-state index contributed by atoms with van der Waals surface area (Å²) in [5.74, 6) is 0.210. The molecule has 1 aromatic rings. The quantitative estimate of drug-likeness (QED) is 0.636. The Morgan fingerprint density at radius 1 is 1.83 bits per heavy atom.